The number of fused-ring (bicyclic) bond motifs is 1. The van der Waals surface area contributed by atoms with E-state index in [1.807, 2.05) is 90.9 Å². The zero-order valence-corrected chi connectivity index (χ0v) is 28.8. The van der Waals surface area contributed by atoms with Gasteiger partial charge in [0.2, 0.25) is 0 Å². The van der Waals surface area contributed by atoms with Gasteiger partial charge in [0, 0.05) is 26.2 Å². The highest BCUT2D eigenvalue weighted by Crippen LogP contribution is 2.36. The highest BCUT2D eigenvalue weighted by Gasteiger charge is 2.27. The second-order valence-electron chi connectivity index (χ2n) is 13.9. The van der Waals surface area contributed by atoms with Crippen molar-refractivity contribution in [2.75, 3.05) is 25.0 Å². The van der Waals surface area contributed by atoms with Crippen molar-refractivity contribution in [3.63, 3.8) is 0 Å². The van der Waals surface area contributed by atoms with Crippen LogP contribution in [0.3, 0.4) is 0 Å². The lowest BCUT2D eigenvalue weighted by atomic mass is 9.91. The summed E-state index contributed by atoms with van der Waals surface area (Å²) < 4.78 is 16.8. The van der Waals surface area contributed by atoms with Gasteiger partial charge in [-0.3, -0.25) is 4.99 Å². The third-order valence-corrected chi connectivity index (χ3v) is 7.77. The lowest BCUT2D eigenvalue weighted by molar-refractivity contribution is 0.00685. The van der Waals surface area contributed by atoms with E-state index in [0.717, 1.165) is 46.3 Å². The fourth-order valence-corrected chi connectivity index (χ4v) is 5.43. The Kier molecular flexibility index (Phi) is 11.5. The summed E-state index contributed by atoms with van der Waals surface area (Å²) >= 11 is 0. The van der Waals surface area contributed by atoms with Crippen LogP contribution in [0.5, 0.6) is 0 Å². The first kappa shape index (κ1) is 35.6. The van der Waals surface area contributed by atoms with E-state index >= 15 is 0 Å². The fourth-order valence-electron chi connectivity index (χ4n) is 5.43. The molecule has 1 unspecified atom stereocenters. The molecule has 0 fully saturated rings. The first-order valence-electron chi connectivity index (χ1n) is 16.2. The fraction of sp³-hybridized carbons (Fsp3) is 0.447. The summed E-state index contributed by atoms with van der Waals surface area (Å²) in [5, 5.41) is 14.9. The smallest absolute Gasteiger partial charge is 0.410 e. The number of nitrogens with one attached hydrogen (secondary N) is 1. The van der Waals surface area contributed by atoms with Crippen LogP contribution in [0.25, 0.3) is 0 Å². The molecule has 0 aliphatic carbocycles. The van der Waals surface area contributed by atoms with Crippen LogP contribution >= 0.6 is 0 Å². The molecule has 1 amide bonds. The SMILES string of the molecule is C=Nc1c(NCCCOCc2ccc(C(=O)OC(C)(C)C)cc2)ccc(C(O)c2ccc3c(c2)CN(C(=O)OC(C)(C)C)CC3)c1C. The molecule has 1 atom stereocenters. The molecule has 1 heterocycles. The first-order chi connectivity index (χ1) is 22.1. The predicted octanol–water partition coefficient (Wildman–Crippen LogP) is 7.68. The van der Waals surface area contributed by atoms with Crippen LogP contribution in [0.15, 0.2) is 59.6 Å². The minimum atomic E-state index is -0.863. The summed E-state index contributed by atoms with van der Waals surface area (Å²) in [6.45, 7) is 19.6. The highest BCUT2D eigenvalue weighted by molar-refractivity contribution is 5.89. The van der Waals surface area contributed by atoms with Crippen molar-refractivity contribution in [3.8, 4) is 0 Å². The topological polar surface area (TPSA) is 110 Å². The van der Waals surface area contributed by atoms with Crippen LogP contribution in [-0.2, 0) is 33.8 Å². The van der Waals surface area contributed by atoms with Crippen molar-refractivity contribution >= 4 is 30.2 Å². The van der Waals surface area contributed by atoms with E-state index < -0.39 is 17.3 Å². The van der Waals surface area contributed by atoms with Crippen LogP contribution < -0.4 is 5.32 Å². The van der Waals surface area contributed by atoms with Gasteiger partial charge in [-0.1, -0.05) is 36.4 Å². The van der Waals surface area contributed by atoms with E-state index in [1.165, 1.54) is 5.56 Å². The molecule has 0 bridgehead atoms. The average Bonchev–Trinajstić information content (AvgIpc) is 3.00. The van der Waals surface area contributed by atoms with E-state index in [1.54, 1.807) is 17.0 Å². The van der Waals surface area contributed by atoms with Crippen molar-refractivity contribution in [3.05, 3.63) is 93.5 Å². The number of esters is 1. The molecule has 0 aromatic heterocycles. The Morgan fingerprint density at radius 2 is 1.68 bits per heavy atom. The predicted molar refractivity (Wildman–Crippen MR) is 186 cm³/mol. The van der Waals surface area contributed by atoms with Gasteiger partial charge < -0.3 is 29.5 Å². The van der Waals surface area contributed by atoms with Gasteiger partial charge in [-0.2, -0.15) is 0 Å². The zero-order valence-electron chi connectivity index (χ0n) is 28.8. The molecule has 0 spiro atoms. The molecule has 4 rings (SSSR count). The number of hydrogen-bond acceptors (Lipinski definition) is 8. The maximum atomic E-state index is 12.7. The van der Waals surface area contributed by atoms with Gasteiger partial charge in [-0.25, -0.2) is 9.59 Å². The largest absolute Gasteiger partial charge is 0.456 e. The number of benzene rings is 3. The summed E-state index contributed by atoms with van der Waals surface area (Å²) in [5.41, 5.74) is 6.47. The van der Waals surface area contributed by atoms with Gasteiger partial charge in [0.15, 0.2) is 0 Å². The standard InChI is InChI=1S/C38H49N3O6/c1-25-31(34(42)29-15-14-27-18-20-41(23-30(27)22-29)36(44)47-38(5,6)7)16-17-32(33(25)39-8)40-19-9-21-45-24-26-10-12-28(13-11-26)35(43)46-37(2,3)4/h10-17,22,34,40,42H,8-9,18-21,23-24H2,1-7H3. The Hall–Kier alpha value is -4.21. The van der Waals surface area contributed by atoms with Crippen molar-refractivity contribution in [1.82, 2.24) is 4.90 Å². The van der Waals surface area contributed by atoms with Gasteiger partial charge in [-0.15, -0.1) is 0 Å². The third-order valence-electron chi connectivity index (χ3n) is 7.77. The number of ether oxygens (including phenoxy) is 3. The lowest BCUT2D eigenvalue weighted by Gasteiger charge is -2.31. The number of aliphatic imine (C=N–C) groups is 1. The average molecular weight is 644 g/mol. The molecule has 252 valence electrons. The molecule has 2 N–H and O–H groups in total. The van der Waals surface area contributed by atoms with Crippen LogP contribution in [0.2, 0.25) is 0 Å². The van der Waals surface area contributed by atoms with E-state index in [4.69, 9.17) is 14.2 Å². The minimum absolute atomic E-state index is 0.326. The Morgan fingerprint density at radius 3 is 2.34 bits per heavy atom. The van der Waals surface area contributed by atoms with Gasteiger partial charge in [-0.05, 0) is 120 Å². The van der Waals surface area contributed by atoms with Crippen molar-refractivity contribution in [2.24, 2.45) is 4.99 Å². The van der Waals surface area contributed by atoms with Crippen LogP contribution in [-0.4, -0.2) is 59.7 Å². The van der Waals surface area contributed by atoms with E-state index in [9.17, 15) is 14.7 Å². The normalized spacial score (nSPS) is 13.8. The maximum absolute atomic E-state index is 12.7. The second-order valence-corrected chi connectivity index (χ2v) is 13.9. The Balaban J connectivity index is 1.30. The molecule has 3 aromatic carbocycles. The van der Waals surface area contributed by atoms with Crippen molar-refractivity contribution < 1.29 is 28.9 Å². The first-order valence-corrected chi connectivity index (χ1v) is 16.2. The summed E-state index contributed by atoms with van der Waals surface area (Å²) in [6, 6.07) is 17.1. The number of carbonyl (C=O) groups is 2. The maximum Gasteiger partial charge on any atom is 0.410 e. The van der Waals surface area contributed by atoms with Crippen molar-refractivity contribution in [1.29, 1.82) is 0 Å². The molecule has 9 heteroatoms. The second kappa shape index (κ2) is 15.1. The van der Waals surface area contributed by atoms with Gasteiger partial charge in [0.1, 0.15) is 17.3 Å². The van der Waals surface area contributed by atoms with Crippen LogP contribution in [0.4, 0.5) is 16.2 Å². The Morgan fingerprint density at radius 1 is 0.979 bits per heavy atom. The molecular formula is C38H49N3O6. The van der Waals surface area contributed by atoms with Crippen LogP contribution in [0.1, 0.15) is 97.8 Å². The molecule has 1 aliphatic rings. The molecule has 0 radical (unpaired) electrons. The summed E-state index contributed by atoms with van der Waals surface area (Å²) in [7, 11) is 0. The molecule has 1 aliphatic heterocycles. The number of aliphatic hydroxyl groups excluding tert-OH is 1. The quantitative estimate of drug-likeness (QED) is 0.125. The molecule has 9 nitrogen and oxygen atoms in total. The molecule has 47 heavy (non-hydrogen) atoms. The van der Waals surface area contributed by atoms with Gasteiger partial charge in [0.25, 0.3) is 0 Å². The molecule has 0 saturated carbocycles. The van der Waals surface area contributed by atoms with E-state index in [2.05, 4.69) is 17.0 Å². The van der Waals surface area contributed by atoms with E-state index in [-0.39, 0.29) is 12.1 Å². The number of carbonyl (C=O) groups excluding carboxylic acids is 2. The number of anilines is 1. The lowest BCUT2D eigenvalue weighted by Crippen LogP contribution is -2.39. The van der Waals surface area contributed by atoms with Gasteiger partial charge in [0.05, 0.1) is 23.5 Å². The van der Waals surface area contributed by atoms with E-state index in [0.29, 0.717) is 44.1 Å². The summed E-state index contributed by atoms with van der Waals surface area (Å²) in [4.78, 5) is 30.9. The number of rotatable bonds is 11. The zero-order chi connectivity index (χ0) is 34.4. The third kappa shape index (κ3) is 9.89. The molecular weight excluding hydrogens is 594 g/mol. The molecule has 0 saturated heterocycles. The highest BCUT2D eigenvalue weighted by atomic mass is 16.6. The van der Waals surface area contributed by atoms with Gasteiger partial charge >= 0.3 is 12.1 Å². The number of aliphatic hydroxyl groups is 1. The van der Waals surface area contributed by atoms with Crippen molar-refractivity contribution in [2.45, 2.75) is 91.8 Å². The monoisotopic (exact) mass is 643 g/mol. The molecule has 3 aromatic rings. The van der Waals surface area contributed by atoms with Crippen LogP contribution in [0, 0.1) is 6.92 Å². The minimum Gasteiger partial charge on any atom is -0.456 e. The number of amides is 1. The summed E-state index contributed by atoms with van der Waals surface area (Å²) in [5.74, 6) is -0.339. The number of hydrogen-bond donors (Lipinski definition) is 2. The summed E-state index contributed by atoms with van der Waals surface area (Å²) in [6.07, 6.45) is 0.319. The Bertz CT molecular complexity index is 1570. The number of nitrogens with zero attached hydrogens (tertiary/aromatic N) is 2. The Labute approximate surface area is 279 Å².